The lowest BCUT2D eigenvalue weighted by atomic mass is 9.87. The molecule has 0 fully saturated rings. The van der Waals surface area contributed by atoms with Crippen molar-refractivity contribution >= 4 is 11.9 Å². The summed E-state index contributed by atoms with van der Waals surface area (Å²) in [6, 6.07) is 6.41. The highest BCUT2D eigenvalue weighted by molar-refractivity contribution is 5.86. The zero-order valence-electron chi connectivity index (χ0n) is 14.5. The topological polar surface area (TPSA) is 77.8 Å². The van der Waals surface area contributed by atoms with Gasteiger partial charge in [0.15, 0.2) is 6.04 Å². The van der Waals surface area contributed by atoms with Crippen molar-refractivity contribution < 1.29 is 19.8 Å². The first kappa shape index (κ1) is 18.5. The minimum atomic E-state index is -1.04. The van der Waals surface area contributed by atoms with Crippen molar-refractivity contribution in [3.8, 4) is 0 Å². The number of nitrogens with zero attached hydrogens (tertiary/aromatic N) is 1. The fraction of sp³-hybridized carbons (Fsp3) is 0.579. The molecule has 5 heteroatoms. The lowest BCUT2D eigenvalue weighted by Crippen LogP contribution is -2.46. The van der Waals surface area contributed by atoms with Gasteiger partial charge in [-0.1, -0.05) is 51.0 Å². The number of fused-ring (bicyclic) bond motifs is 1. The fourth-order valence-electron chi connectivity index (χ4n) is 3.72. The standard InChI is InChI=1S/C19H27NO4/c1-3-10-19(24,11-4-2)13-16(21)20-12-9-14-7-5-6-8-15(14)17(20)18(22)23/h5-8,17,24H,3-4,9-13H2,1-2H3,(H,22,23). The summed E-state index contributed by atoms with van der Waals surface area (Å²) in [5, 5.41) is 20.4. The van der Waals surface area contributed by atoms with Crippen LogP contribution >= 0.6 is 0 Å². The van der Waals surface area contributed by atoms with Crippen LogP contribution in [-0.4, -0.2) is 39.1 Å². The summed E-state index contributed by atoms with van der Waals surface area (Å²) < 4.78 is 0. The third-order valence-electron chi connectivity index (χ3n) is 4.75. The van der Waals surface area contributed by atoms with Crippen molar-refractivity contribution in [1.82, 2.24) is 4.90 Å². The maximum absolute atomic E-state index is 12.8. The summed E-state index contributed by atoms with van der Waals surface area (Å²) in [4.78, 5) is 26.0. The average molecular weight is 333 g/mol. The molecule has 1 aromatic rings. The highest BCUT2D eigenvalue weighted by atomic mass is 16.4. The van der Waals surface area contributed by atoms with E-state index >= 15 is 0 Å². The van der Waals surface area contributed by atoms with Gasteiger partial charge in [0.2, 0.25) is 5.91 Å². The Morgan fingerprint density at radius 1 is 1.21 bits per heavy atom. The molecule has 1 aliphatic rings. The predicted octanol–water partition coefficient (Wildman–Crippen LogP) is 2.92. The minimum absolute atomic E-state index is 0.0133. The van der Waals surface area contributed by atoms with Crippen LogP contribution in [-0.2, 0) is 16.0 Å². The zero-order valence-corrected chi connectivity index (χ0v) is 14.5. The molecule has 0 spiro atoms. The van der Waals surface area contributed by atoms with Gasteiger partial charge in [-0.2, -0.15) is 0 Å². The molecule has 1 unspecified atom stereocenters. The maximum Gasteiger partial charge on any atom is 0.331 e. The van der Waals surface area contributed by atoms with E-state index in [0.717, 1.165) is 18.4 Å². The van der Waals surface area contributed by atoms with E-state index in [1.807, 2.05) is 26.0 Å². The number of hydrogen-bond donors (Lipinski definition) is 2. The third-order valence-corrected chi connectivity index (χ3v) is 4.75. The molecule has 0 saturated heterocycles. The summed E-state index contributed by atoms with van der Waals surface area (Å²) in [6.07, 6.45) is 3.31. The van der Waals surface area contributed by atoms with Crippen molar-refractivity contribution in [3.63, 3.8) is 0 Å². The van der Waals surface area contributed by atoms with Gasteiger partial charge in [-0.15, -0.1) is 0 Å². The van der Waals surface area contributed by atoms with Crippen molar-refractivity contribution in [3.05, 3.63) is 35.4 Å². The van der Waals surface area contributed by atoms with E-state index in [4.69, 9.17) is 0 Å². The van der Waals surface area contributed by atoms with Crippen LogP contribution in [0.25, 0.3) is 0 Å². The highest BCUT2D eigenvalue weighted by Crippen LogP contribution is 2.32. The lowest BCUT2D eigenvalue weighted by Gasteiger charge is -2.37. The van der Waals surface area contributed by atoms with Crippen molar-refractivity contribution in [1.29, 1.82) is 0 Å². The van der Waals surface area contributed by atoms with E-state index in [1.165, 1.54) is 4.90 Å². The summed E-state index contributed by atoms with van der Waals surface area (Å²) in [5.74, 6) is -1.30. The second-order valence-electron chi connectivity index (χ2n) is 6.68. The van der Waals surface area contributed by atoms with E-state index < -0.39 is 17.6 Å². The number of carboxylic acid groups (broad SMARTS) is 1. The smallest absolute Gasteiger partial charge is 0.331 e. The van der Waals surface area contributed by atoms with Gasteiger partial charge in [-0.3, -0.25) is 4.79 Å². The minimum Gasteiger partial charge on any atom is -0.479 e. The molecular weight excluding hydrogens is 306 g/mol. The number of hydrogen-bond acceptors (Lipinski definition) is 3. The van der Waals surface area contributed by atoms with E-state index in [2.05, 4.69) is 0 Å². The molecule has 0 saturated carbocycles. The molecular formula is C19H27NO4. The van der Waals surface area contributed by atoms with Crippen LogP contribution in [0.5, 0.6) is 0 Å². The predicted molar refractivity (Wildman–Crippen MR) is 91.6 cm³/mol. The van der Waals surface area contributed by atoms with Gasteiger partial charge in [0, 0.05) is 6.54 Å². The second kappa shape index (κ2) is 7.79. The molecule has 1 heterocycles. The monoisotopic (exact) mass is 333 g/mol. The van der Waals surface area contributed by atoms with Crippen molar-refractivity contribution in [2.75, 3.05) is 6.54 Å². The Kier molecular flexibility index (Phi) is 5.99. The Morgan fingerprint density at radius 3 is 2.42 bits per heavy atom. The number of aliphatic carboxylic acids is 1. The number of carboxylic acids is 1. The van der Waals surface area contributed by atoms with Crippen LogP contribution in [0.2, 0.25) is 0 Å². The third kappa shape index (κ3) is 3.96. The van der Waals surface area contributed by atoms with E-state index in [-0.39, 0.29) is 12.3 Å². The number of carbonyl (C=O) groups excluding carboxylic acids is 1. The van der Waals surface area contributed by atoms with Gasteiger partial charge >= 0.3 is 5.97 Å². The first-order chi connectivity index (χ1) is 11.4. The van der Waals surface area contributed by atoms with Crippen molar-refractivity contribution in [2.24, 2.45) is 0 Å². The normalized spacial score (nSPS) is 17.5. The lowest BCUT2D eigenvalue weighted by molar-refractivity contribution is -0.153. The molecule has 5 nitrogen and oxygen atoms in total. The van der Waals surface area contributed by atoms with E-state index in [1.54, 1.807) is 12.1 Å². The molecule has 2 N–H and O–H groups in total. The second-order valence-corrected chi connectivity index (χ2v) is 6.68. The summed E-state index contributed by atoms with van der Waals surface area (Å²) >= 11 is 0. The molecule has 2 rings (SSSR count). The van der Waals surface area contributed by atoms with E-state index in [0.29, 0.717) is 31.4 Å². The molecule has 132 valence electrons. The van der Waals surface area contributed by atoms with Gasteiger partial charge in [-0.05, 0) is 30.4 Å². The molecule has 1 amide bonds. The summed E-state index contributed by atoms with van der Waals surface area (Å²) in [7, 11) is 0. The molecule has 0 radical (unpaired) electrons. The quantitative estimate of drug-likeness (QED) is 0.804. The van der Waals surface area contributed by atoms with Crippen LogP contribution in [0.3, 0.4) is 0 Å². The Labute approximate surface area is 143 Å². The molecule has 24 heavy (non-hydrogen) atoms. The number of benzene rings is 1. The average Bonchev–Trinajstić information content (AvgIpc) is 2.53. The summed E-state index contributed by atoms with van der Waals surface area (Å²) in [6.45, 7) is 4.33. The fourth-order valence-corrected chi connectivity index (χ4v) is 3.72. The van der Waals surface area contributed by atoms with Crippen LogP contribution < -0.4 is 0 Å². The van der Waals surface area contributed by atoms with Crippen molar-refractivity contribution in [2.45, 2.75) is 64.0 Å². The SMILES string of the molecule is CCCC(O)(CCC)CC(=O)N1CCc2ccccc2C1C(=O)O. The number of carbonyl (C=O) groups is 2. The van der Waals surface area contributed by atoms with Gasteiger partial charge in [0.05, 0.1) is 12.0 Å². The zero-order chi connectivity index (χ0) is 17.7. The first-order valence-electron chi connectivity index (χ1n) is 8.74. The van der Waals surface area contributed by atoms with Crippen LogP contribution in [0.4, 0.5) is 0 Å². The Balaban J connectivity index is 2.24. The molecule has 1 aromatic carbocycles. The molecule has 0 bridgehead atoms. The number of amides is 1. The van der Waals surface area contributed by atoms with Gasteiger partial charge in [0.1, 0.15) is 0 Å². The summed E-state index contributed by atoms with van der Waals surface area (Å²) in [5.41, 5.74) is 0.617. The van der Waals surface area contributed by atoms with Gasteiger partial charge in [-0.25, -0.2) is 4.79 Å². The molecule has 1 aliphatic heterocycles. The molecule has 1 atom stereocenters. The Hall–Kier alpha value is -1.88. The number of rotatable bonds is 7. The first-order valence-corrected chi connectivity index (χ1v) is 8.74. The molecule has 0 aliphatic carbocycles. The van der Waals surface area contributed by atoms with Gasteiger partial charge in [0.25, 0.3) is 0 Å². The maximum atomic E-state index is 12.8. The van der Waals surface area contributed by atoms with E-state index in [9.17, 15) is 19.8 Å². The number of aliphatic hydroxyl groups is 1. The van der Waals surface area contributed by atoms with Crippen LogP contribution in [0.15, 0.2) is 24.3 Å². The van der Waals surface area contributed by atoms with Crippen LogP contribution in [0.1, 0.15) is 63.1 Å². The Morgan fingerprint density at radius 2 is 1.83 bits per heavy atom. The van der Waals surface area contributed by atoms with Gasteiger partial charge < -0.3 is 15.1 Å². The Bertz CT molecular complexity index is 593. The highest BCUT2D eigenvalue weighted by Gasteiger charge is 2.38. The largest absolute Gasteiger partial charge is 0.479 e. The van der Waals surface area contributed by atoms with Crippen LogP contribution in [0, 0.1) is 0 Å². The molecule has 0 aromatic heterocycles.